The maximum absolute atomic E-state index is 5.94. The average molecular weight is 191 g/mol. The van der Waals surface area contributed by atoms with Crippen LogP contribution in [0.2, 0.25) is 0 Å². The van der Waals surface area contributed by atoms with Crippen molar-refractivity contribution in [1.82, 2.24) is 0 Å². The molecule has 1 aromatic carbocycles. The van der Waals surface area contributed by atoms with E-state index in [2.05, 4.69) is 6.07 Å². The molecule has 2 nitrogen and oxygen atoms in total. The molecule has 1 aromatic rings. The molecule has 0 saturated carbocycles. The van der Waals surface area contributed by atoms with E-state index in [1.165, 1.54) is 23.1 Å². The van der Waals surface area contributed by atoms with Crippen LogP contribution >= 0.6 is 0 Å². The fourth-order valence-corrected chi connectivity index (χ4v) is 2.32. The molecule has 0 aliphatic heterocycles. The van der Waals surface area contributed by atoms with Gasteiger partial charge in [0.25, 0.3) is 0 Å². The van der Waals surface area contributed by atoms with Crippen molar-refractivity contribution in [2.24, 2.45) is 5.73 Å². The Kier molecular flexibility index (Phi) is 2.46. The maximum atomic E-state index is 5.94. The van der Waals surface area contributed by atoms with Gasteiger partial charge in [-0.1, -0.05) is 6.07 Å². The molecule has 0 spiro atoms. The van der Waals surface area contributed by atoms with Crippen molar-refractivity contribution in [2.75, 3.05) is 7.11 Å². The summed E-state index contributed by atoms with van der Waals surface area (Å²) in [5, 5.41) is 0. The first-order valence-electron chi connectivity index (χ1n) is 5.18. The van der Waals surface area contributed by atoms with Crippen LogP contribution < -0.4 is 10.5 Å². The van der Waals surface area contributed by atoms with E-state index in [0.717, 1.165) is 18.6 Å². The fraction of sp³-hybridized carbons (Fsp3) is 0.500. The zero-order valence-electron chi connectivity index (χ0n) is 8.84. The molecule has 2 rings (SSSR count). The Balaban J connectivity index is 2.53. The van der Waals surface area contributed by atoms with Crippen LogP contribution in [0.25, 0.3) is 0 Å². The predicted octanol–water partition coefficient (Wildman–Crippen LogP) is 2.20. The van der Waals surface area contributed by atoms with Crippen LogP contribution in [0.3, 0.4) is 0 Å². The van der Waals surface area contributed by atoms with E-state index in [1.807, 2.05) is 13.0 Å². The molecule has 0 amide bonds. The van der Waals surface area contributed by atoms with Gasteiger partial charge in [0.15, 0.2) is 0 Å². The van der Waals surface area contributed by atoms with Gasteiger partial charge in [0.05, 0.1) is 7.11 Å². The molecule has 14 heavy (non-hydrogen) atoms. The van der Waals surface area contributed by atoms with Crippen LogP contribution in [0.1, 0.15) is 36.1 Å². The molecule has 1 atom stereocenters. The monoisotopic (exact) mass is 191 g/mol. The number of nitrogens with two attached hydrogens (primary N) is 1. The molecule has 2 N–H and O–H groups in total. The van der Waals surface area contributed by atoms with Gasteiger partial charge in [-0.2, -0.15) is 0 Å². The summed E-state index contributed by atoms with van der Waals surface area (Å²) in [4.78, 5) is 0. The number of methoxy groups -OCH3 is 1. The van der Waals surface area contributed by atoms with E-state index < -0.39 is 0 Å². The third kappa shape index (κ3) is 1.40. The number of ether oxygens (including phenoxy) is 1. The average Bonchev–Trinajstić information content (AvgIpc) is 2.64. The number of hydrogen-bond donors (Lipinski definition) is 1. The summed E-state index contributed by atoms with van der Waals surface area (Å²) in [6, 6.07) is 4.28. The lowest BCUT2D eigenvalue weighted by molar-refractivity contribution is 0.410. The van der Waals surface area contributed by atoms with Crippen molar-refractivity contribution < 1.29 is 4.74 Å². The van der Waals surface area contributed by atoms with Crippen molar-refractivity contribution in [1.29, 1.82) is 0 Å². The summed E-state index contributed by atoms with van der Waals surface area (Å²) in [6.45, 7) is 2.04. The van der Waals surface area contributed by atoms with Crippen LogP contribution in [0.15, 0.2) is 12.1 Å². The normalized spacial score (nSPS) is 16.5. The van der Waals surface area contributed by atoms with Gasteiger partial charge in [-0.25, -0.2) is 0 Å². The third-order valence-corrected chi connectivity index (χ3v) is 2.99. The van der Waals surface area contributed by atoms with E-state index in [-0.39, 0.29) is 6.04 Å². The number of rotatable bonds is 2. The summed E-state index contributed by atoms with van der Waals surface area (Å²) in [6.07, 6.45) is 3.53. The molecule has 0 radical (unpaired) electrons. The molecule has 0 fully saturated rings. The second-order valence-corrected chi connectivity index (χ2v) is 3.96. The van der Waals surface area contributed by atoms with Crippen molar-refractivity contribution in [3.63, 3.8) is 0 Å². The molecule has 0 heterocycles. The Labute approximate surface area is 85.1 Å². The van der Waals surface area contributed by atoms with Gasteiger partial charge in [-0.15, -0.1) is 0 Å². The molecule has 1 unspecified atom stereocenters. The van der Waals surface area contributed by atoms with Gasteiger partial charge in [-0.3, -0.25) is 0 Å². The SMILES string of the molecule is COc1ccc(C(C)N)c2c1CCC2. The maximum Gasteiger partial charge on any atom is 0.122 e. The van der Waals surface area contributed by atoms with E-state index in [0.29, 0.717) is 0 Å². The van der Waals surface area contributed by atoms with E-state index in [9.17, 15) is 0 Å². The van der Waals surface area contributed by atoms with Crippen molar-refractivity contribution >= 4 is 0 Å². The second-order valence-electron chi connectivity index (χ2n) is 3.96. The lowest BCUT2D eigenvalue weighted by atomic mass is 9.98. The van der Waals surface area contributed by atoms with Crippen molar-refractivity contribution in [3.8, 4) is 5.75 Å². The summed E-state index contributed by atoms with van der Waals surface area (Å²) >= 11 is 0. The Morgan fingerprint density at radius 1 is 1.29 bits per heavy atom. The van der Waals surface area contributed by atoms with Gasteiger partial charge in [0.2, 0.25) is 0 Å². The predicted molar refractivity (Wildman–Crippen MR) is 57.6 cm³/mol. The number of fused-ring (bicyclic) bond motifs is 1. The highest BCUT2D eigenvalue weighted by atomic mass is 16.5. The van der Waals surface area contributed by atoms with Crippen LogP contribution in [0.4, 0.5) is 0 Å². The number of hydrogen-bond acceptors (Lipinski definition) is 2. The second kappa shape index (κ2) is 3.62. The quantitative estimate of drug-likeness (QED) is 0.777. The topological polar surface area (TPSA) is 35.2 Å². The number of benzene rings is 1. The van der Waals surface area contributed by atoms with Gasteiger partial charge in [0, 0.05) is 6.04 Å². The first-order chi connectivity index (χ1) is 6.74. The van der Waals surface area contributed by atoms with Gasteiger partial charge >= 0.3 is 0 Å². The van der Waals surface area contributed by atoms with Gasteiger partial charge < -0.3 is 10.5 Å². The Morgan fingerprint density at radius 3 is 2.64 bits per heavy atom. The Hall–Kier alpha value is -1.02. The first kappa shape index (κ1) is 9.53. The molecule has 1 aliphatic rings. The summed E-state index contributed by atoms with van der Waals surface area (Å²) < 4.78 is 5.35. The lowest BCUT2D eigenvalue weighted by Crippen LogP contribution is -2.08. The molecule has 1 aliphatic carbocycles. The van der Waals surface area contributed by atoms with Crippen LogP contribution in [0.5, 0.6) is 5.75 Å². The zero-order valence-corrected chi connectivity index (χ0v) is 8.84. The molecule has 0 aromatic heterocycles. The van der Waals surface area contributed by atoms with E-state index in [4.69, 9.17) is 10.5 Å². The van der Waals surface area contributed by atoms with Crippen LogP contribution in [-0.2, 0) is 12.8 Å². The minimum Gasteiger partial charge on any atom is -0.496 e. The molecule has 0 bridgehead atoms. The molecule has 2 heteroatoms. The minimum atomic E-state index is 0.132. The van der Waals surface area contributed by atoms with Gasteiger partial charge in [0.1, 0.15) is 5.75 Å². The van der Waals surface area contributed by atoms with E-state index in [1.54, 1.807) is 7.11 Å². The van der Waals surface area contributed by atoms with Gasteiger partial charge in [-0.05, 0) is 48.9 Å². The minimum absolute atomic E-state index is 0.132. The molecule has 76 valence electrons. The summed E-state index contributed by atoms with van der Waals surface area (Å²) in [5.74, 6) is 1.03. The molecule has 0 saturated heterocycles. The lowest BCUT2D eigenvalue weighted by Gasteiger charge is -2.14. The Bertz CT molecular complexity index is 344. The zero-order chi connectivity index (χ0) is 10.1. The molecular formula is C12H17NO. The smallest absolute Gasteiger partial charge is 0.122 e. The summed E-state index contributed by atoms with van der Waals surface area (Å²) in [7, 11) is 1.74. The van der Waals surface area contributed by atoms with Crippen molar-refractivity contribution in [2.45, 2.75) is 32.2 Å². The third-order valence-electron chi connectivity index (χ3n) is 2.99. The van der Waals surface area contributed by atoms with E-state index >= 15 is 0 Å². The van der Waals surface area contributed by atoms with Crippen LogP contribution in [-0.4, -0.2) is 7.11 Å². The highest BCUT2D eigenvalue weighted by molar-refractivity contribution is 5.48. The Morgan fingerprint density at radius 2 is 2.00 bits per heavy atom. The molecular weight excluding hydrogens is 174 g/mol. The highest BCUT2D eigenvalue weighted by Gasteiger charge is 2.20. The fourth-order valence-electron chi connectivity index (χ4n) is 2.32. The van der Waals surface area contributed by atoms with Crippen molar-refractivity contribution in [3.05, 3.63) is 28.8 Å². The largest absolute Gasteiger partial charge is 0.496 e. The standard InChI is InChI=1S/C12H17NO/c1-8(13)9-6-7-12(14-2)11-5-3-4-10(9)11/h6-8H,3-5,13H2,1-2H3. The van der Waals surface area contributed by atoms with Crippen LogP contribution in [0, 0.1) is 0 Å². The summed E-state index contributed by atoms with van der Waals surface area (Å²) in [5.41, 5.74) is 10.0. The highest BCUT2D eigenvalue weighted by Crippen LogP contribution is 2.34. The first-order valence-corrected chi connectivity index (χ1v) is 5.18.